The molecule has 0 radical (unpaired) electrons. The van der Waals surface area contributed by atoms with Crippen LogP contribution in [0.2, 0.25) is 5.02 Å². The lowest BCUT2D eigenvalue weighted by molar-refractivity contribution is 0.0628. The van der Waals surface area contributed by atoms with Gasteiger partial charge in [0.15, 0.2) is 0 Å². The summed E-state index contributed by atoms with van der Waals surface area (Å²) in [5.74, 6) is 1.11. The first kappa shape index (κ1) is 23.1. The average molecular weight is 469 g/mol. The van der Waals surface area contributed by atoms with E-state index in [2.05, 4.69) is 4.90 Å². The predicted octanol–water partition coefficient (Wildman–Crippen LogP) is 5.02. The summed E-state index contributed by atoms with van der Waals surface area (Å²) in [4.78, 5) is 17.2. The summed E-state index contributed by atoms with van der Waals surface area (Å²) in [5, 5.41) is 0.642. The molecular weight excluding hydrogens is 443 g/mol. The van der Waals surface area contributed by atoms with Crippen molar-refractivity contribution in [3.8, 4) is 11.5 Å². The molecule has 0 unspecified atom stereocenters. The first-order valence-corrected chi connectivity index (χ1v) is 11.2. The zero-order valence-corrected chi connectivity index (χ0v) is 19.2. The third kappa shape index (κ3) is 6.03. The van der Waals surface area contributed by atoms with Crippen LogP contribution in [-0.4, -0.2) is 49.0 Å². The Morgan fingerprint density at radius 1 is 1.00 bits per heavy atom. The predicted molar refractivity (Wildman–Crippen MR) is 126 cm³/mol. The number of hydrogen-bond donors (Lipinski definition) is 0. The molecule has 1 amide bonds. The van der Waals surface area contributed by atoms with Gasteiger partial charge in [-0.3, -0.25) is 9.69 Å². The Balaban J connectivity index is 1.37. The number of methoxy groups -OCH3 is 1. The Morgan fingerprint density at radius 3 is 2.45 bits per heavy atom. The quantitative estimate of drug-likeness (QED) is 0.488. The fourth-order valence-electron chi connectivity index (χ4n) is 3.90. The highest BCUT2D eigenvalue weighted by Gasteiger charge is 2.23. The van der Waals surface area contributed by atoms with Gasteiger partial charge in [0.1, 0.15) is 23.9 Å². The highest BCUT2D eigenvalue weighted by Crippen LogP contribution is 2.24. The summed E-state index contributed by atoms with van der Waals surface area (Å²) < 4.78 is 24.7. The van der Waals surface area contributed by atoms with Crippen LogP contribution < -0.4 is 9.47 Å². The van der Waals surface area contributed by atoms with Gasteiger partial charge in [-0.1, -0.05) is 23.7 Å². The molecule has 0 aliphatic carbocycles. The smallest absolute Gasteiger partial charge is 0.253 e. The summed E-state index contributed by atoms with van der Waals surface area (Å²) in [5.41, 5.74) is 2.34. The minimum absolute atomic E-state index is 0.0178. The molecule has 0 aromatic heterocycles. The van der Waals surface area contributed by atoms with Gasteiger partial charge < -0.3 is 14.4 Å². The van der Waals surface area contributed by atoms with E-state index in [1.165, 1.54) is 6.07 Å². The Morgan fingerprint density at radius 2 is 1.76 bits per heavy atom. The van der Waals surface area contributed by atoms with Crippen LogP contribution in [-0.2, 0) is 13.2 Å². The van der Waals surface area contributed by atoms with Gasteiger partial charge in [0.25, 0.3) is 5.91 Å². The van der Waals surface area contributed by atoms with E-state index in [9.17, 15) is 9.18 Å². The highest BCUT2D eigenvalue weighted by atomic mass is 35.5. The van der Waals surface area contributed by atoms with Gasteiger partial charge in [0.2, 0.25) is 0 Å². The summed E-state index contributed by atoms with van der Waals surface area (Å²) in [6.45, 7) is 3.67. The molecule has 1 heterocycles. The summed E-state index contributed by atoms with van der Waals surface area (Å²) in [6.07, 6.45) is 0. The number of piperazine rings is 1. The van der Waals surface area contributed by atoms with Crippen molar-refractivity contribution in [1.29, 1.82) is 0 Å². The number of rotatable bonds is 7. The highest BCUT2D eigenvalue weighted by molar-refractivity contribution is 6.30. The number of benzene rings is 3. The van der Waals surface area contributed by atoms with Crippen LogP contribution in [0, 0.1) is 5.82 Å². The van der Waals surface area contributed by atoms with Gasteiger partial charge in [-0.2, -0.15) is 0 Å². The van der Waals surface area contributed by atoms with E-state index >= 15 is 0 Å². The lowest BCUT2D eigenvalue weighted by Gasteiger charge is -2.35. The normalized spacial score (nSPS) is 14.2. The molecule has 5 nitrogen and oxygen atoms in total. The molecule has 3 aromatic carbocycles. The van der Waals surface area contributed by atoms with Gasteiger partial charge in [0, 0.05) is 48.9 Å². The fourth-order valence-corrected chi connectivity index (χ4v) is 4.03. The number of carbonyl (C=O) groups is 1. The third-order valence-electron chi connectivity index (χ3n) is 5.69. The SMILES string of the molecule is COc1ccc(C(=O)N2CCN(Cc3cccc(F)c3)CC2)cc1COc1ccc(Cl)cc1. The lowest BCUT2D eigenvalue weighted by Crippen LogP contribution is -2.48. The average Bonchev–Trinajstić information content (AvgIpc) is 2.83. The van der Waals surface area contributed by atoms with Crippen molar-refractivity contribution in [3.05, 3.63) is 94.3 Å². The third-order valence-corrected chi connectivity index (χ3v) is 5.94. The second-order valence-electron chi connectivity index (χ2n) is 7.97. The monoisotopic (exact) mass is 468 g/mol. The zero-order chi connectivity index (χ0) is 23.2. The Labute approximate surface area is 198 Å². The largest absolute Gasteiger partial charge is 0.496 e. The van der Waals surface area contributed by atoms with Crippen LogP contribution in [0.1, 0.15) is 21.5 Å². The Bertz CT molecular complexity index is 1100. The van der Waals surface area contributed by atoms with E-state index in [0.29, 0.717) is 41.7 Å². The van der Waals surface area contributed by atoms with Crippen LogP contribution in [0.25, 0.3) is 0 Å². The van der Waals surface area contributed by atoms with Crippen LogP contribution in [0.3, 0.4) is 0 Å². The molecule has 0 saturated carbocycles. The maximum atomic E-state index is 13.4. The van der Waals surface area contributed by atoms with Crippen molar-refractivity contribution in [2.75, 3.05) is 33.3 Å². The Kier molecular flexibility index (Phi) is 7.47. The van der Waals surface area contributed by atoms with Gasteiger partial charge in [-0.15, -0.1) is 0 Å². The van der Waals surface area contributed by atoms with Crippen LogP contribution in [0.4, 0.5) is 4.39 Å². The second-order valence-corrected chi connectivity index (χ2v) is 8.40. The van der Waals surface area contributed by atoms with Crippen molar-refractivity contribution in [1.82, 2.24) is 9.80 Å². The summed E-state index contributed by atoms with van der Waals surface area (Å²) in [6, 6.07) is 19.2. The molecule has 4 rings (SSSR count). The lowest BCUT2D eigenvalue weighted by atomic mass is 10.1. The number of carbonyl (C=O) groups excluding carboxylic acids is 1. The van der Waals surface area contributed by atoms with E-state index in [0.717, 1.165) is 24.2 Å². The fraction of sp³-hybridized carbons (Fsp3) is 0.269. The molecule has 3 aromatic rings. The zero-order valence-electron chi connectivity index (χ0n) is 18.5. The number of halogens is 2. The van der Waals surface area contributed by atoms with Crippen LogP contribution in [0.5, 0.6) is 11.5 Å². The van der Waals surface area contributed by atoms with E-state index < -0.39 is 0 Å². The molecular formula is C26H26ClFN2O3. The maximum Gasteiger partial charge on any atom is 0.253 e. The minimum atomic E-state index is -0.225. The molecule has 1 fully saturated rings. The number of amides is 1. The molecule has 0 bridgehead atoms. The van der Waals surface area contributed by atoms with Crippen molar-refractivity contribution >= 4 is 17.5 Å². The molecule has 0 atom stereocenters. The second kappa shape index (κ2) is 10.7. The van der Waals surface area contributed by atoms with Gasteiger partial charge in [0.05, 0.1) is 7.11 Å². The van der Waals surface area contributed by atoms with E-state index in [1.807, 2.05) is 17.0 Å². The molecule has 33 heavy (non-hydrogen) atoms. The van der Waals surface area contributed by atoms with Crippen LogP contribution in [0.15, 0.2) is 66.7 Å². The molecule has 0 N–H and O–H groups in total. The maximum absolute atomic E-state index is 13.4. The number of ether oxygens (including phenoxy) is 2. The van der Waals surface area contributed by atoms with Crippen molar-refractivity contribution in [3.63, 3.8) is 0 Å². The van der Waals surface area contributed by atoms with Gasteiger partial charge in [-0.25, -0.2) is 4.39 Å². The molecule has 7 heteroatoms. The van der Waals surface area contributed by atoms with Crippen molar-refractivity contribution in [2.24, 2.45) is 0 Å². The van der Waals surface area contributed by atoms with Gasteiger partial charge >= 0.3 is 0 Å². The molecule has 1 aliphatic heterocycles. The van der Waals surface area contributed by atoms with E-state index in [-0.39, 0.29) is 18.3 Å². The number of nitrogens with zero attached hydrogens (tertiary/aromatic N) is 2. The van der Waals surface area contributed by atoms with E-state index in [4.69, 9.17) is 21.1 Å². The molecule has 1 saturated heterocycles. The summed E-state index contributed by atoms with van der Waals surface area (Å²) >= 11 is 5.93. The van der Waals surface area contributed by atoms with Gasteiger partial charge in [-0.05, 0) is 60.2 Å². The minimum Gasteiger partial charge on any atom is -0.496 e. The van der Waals surface area contributed by atoms with Crippen LogP contribution >= 0.6 is 11.6 Å². The van der Waals surface area contributed by atoms with Crippen molar-refractivity contribution in [2.45, 2.75) is 13.2 Å². The molecule has 0 spiro atoms. The molecule has 1 aliphatic rings. The first-order chi connectivity index (χ1) is 16.0. The van der Waals surface area contributed by atoms with Crippen molar-refractivity contribution < 1.29 is 18.7 Å². The summed E-state index contributed by atoms with van der Waals surface area (Å²) in [7, 11) is 1.60. The number of hydrogen-bond acceptors (Lipinski definition) is 4. The van der Waals surface area contributed by atoms with E-state index in [1.54, 1.807) is 55.6 Å². The molecule has 172 valence electrons. The Hall–Kier alpha value is -3.09. The topological polar surface area (TPSA) is 42.0 Å². The first-order valence-electron chi connectivity index (χ1n) is 10.8. The standard InChI is InChI=1S/C26H26ClFN2O3/c1-32-25-10-5-20(16-21(25)18-33-24-8-6-22(27)7-9-24)26(31)30-13-11-29(12-14-30)17-19-3-2-4-23(28)15-19/h2-10,15-16H,11-14,17-18H2,1H3.